The highest BCUT2D eigenvalue weighted by Crippen LogP contribution is 2.11. The molecule has 1 aromatic heterocycles. The first-order valence-electron chi connectivity index (χ1n) is 5.46. The molecule has 0 aliphatic rings. The number of nitrogens with zero attached hydrogens (tertiary/aromatic N) is 4. The van der Waals surface area contributed by atoms with Crippen LogP contribution in [0.2, 0.25) is 0 Å². The smallest absolute Gasteiger partial charge is 0.258 e. The minimum absolute atomic E-state index is 0.149. The van der Waals surface area contributed by atoms with Crippen molar-refractivity contribution < 1.29 is 0 Å². The molecule has 0 bridgehead atoms. The summed E-state index contributed by atoms with van der Waals surface area (Å²) < 4.78 is 0. The van der Waals surface area contributed by atoms with Crippen molar-refractivity contribution in [2.24, 2.45) is 5.11 Å². The summed E-state index contributed by atoms with van der Waals surface area (Å²) >= 11 is 0. The van der Waals surface area contributed by atoms with Gasteiger partial charge in [-0.15, -0.1) is 0 Å². The van der Waals surface area contributed by atoms with Crippen LogP contribution in [0.15, 0.2) is 40.5 Å². The van der Waals surface area contributed by atoms with Crippen molar-refractivity contribution in [2.75, 3.05) is 6.54 Å². The number of rotatable bonds is 4. The normalized spacial score (nSPS) is 10.7. The molecule has 0 aliphatic carbocycles. The molecule has 1 heterocycles. The van der Waals surface area contributed by atoms with Crippen molar-refractivity contribution in [1.82, 2.24) is 9.97 Å². The average Bonchev–Trinajstić information content (AvgIpc) is 2.39. The maximum absolute atomic E-state index is 11.6. The molecule has 90 valence electrons. The quantitative estimate of drug-likeness (QED) is 0.385. The van der Waals surface area contributed by atoms with Gasteiger partial charge in [0.05, 0.1) is 17.2 Å². The zero-order valence-corrected chi connectivity index (χ0v) is 9.58. The predicted octanol–water partition coefficient (Wildman–Crippen LogP) is 2.64. The highest BCUT2D eigenvalue weighted by Gasteiger charge is 1.98. The monoisotopic (exact) mass is 241 g/mol. The van der Waals surface area contributed by atoms with E-state index in [0.717, 1.165) is 5.56 Å². The molecule has 0 radical (unpaired) electrons. The molecule has 0 aliphatic heterocycles. The first-order valence-corrected chi connectivity index (χ1v) is 5.46. The van der Waals surface area contributed by atoms with E-state index < -0.39 is 0 Å². The van der Waals surface area contributed by atoms with Crippen LogP contribution in [-0.4, -0.2) is 16.5 Å². The standard InChI is InChI=1S/C12H11N5O/c13-17-16-6-2-1-3-9-4-5-11-10(7-9)12(18)15-8-14-11/h1,3-5,7-8H,2,6H2,(H,14,15,18). The van der Waals surface area contributed by atoms with Crippen LogP contribution in [0.3, 0.4) is 0 Å². The van der Waals surface area contributed by atoms with Gasteiger partial charge in [-0.1, -0.05) is 23.3 Å². The molecule has 2 aromatic rings. The molecule has 0 unspecified atom stereocenters. The Morgan fingerprint density at radius 1 is 1.50 bits per heavy atom. The second-order valence-electron chi connectivity index (χ2n) is 3.65. The van der Waals surface area contributed by atoms with Crippen LogP contribution in [0, 0.1) is 0 Å². The lowest BCUT2D eigenvalue weighted by molar-refractivity contribution is 0.996. The van der Waals surface area contributed by atoms with Crippen molar-refractivity contribution in [3.63, 3.8) is 0 Å². The third kappa shape index (κ3) is 2.75. The van der Waals surface area contributed by atoms with Gasteiger partial charge in [0.15, 0.2) is 0 Å². The summed E-state index contributed by atoms with van der Waals surface area (Å²) in [5, 5.41) is 4.00. The Morgan fingerprint density at radius 3 is 3.22 bits per heavy atom. The molecule has 0 atom stereocenters. The number of aromatic nitrogens is 2. The van der Waals surface area contributed by atoms with Crippen LogP contribution < -0.4 is 5.56 Å². The van der Waals surface area contributed by atoms with Gasteiger partial charge in [0, 0.05) is 11.5 Å². The first kappa shape index (κ1) is 11.9. The van der Waals surface area contributed by atoms with Gasteiger partial charge < -0.3 is 4.98 Å². The van der Waals surface area contributed by atoms with Crippen molar-refractivity contribution in [1.29, 1.82) is 0 Å². The molecule has 18 heavy (non-hydrogen) atoms. The molecular formula is C12H11N5O. The summed E-state index contributed by atoms with van der Waals surface area (Å²) in [5.41, 5.74) is 9.56. The zero-order chi connectivity index (χ0) is 12.8. The van der Waals surface area contributed by atoms with E-state index in [9.17, 15) is 4.79 Å². The van der Waals surface area contributed by atoms with Crippen LogP contribution in [0.1, 0.15) is 12.0 Å². The van der Waals surface area contributed by atoms with Crippen LogP contribution in [-0.2, 0) is 0 Å². The number of benzene rings is 1. The van der Waals surface area contributed by atoms with Crippen LogP contribution in [0.5, 0.6) is 0 Å². The Kier molecular flexibility index (Phi) is 3.73. The number of hydrogen-bond donors (Lipinski definition) is 1. The van der Waals surface area contributed by atoms with Gasteiger partial charge in [-0.25, -0.2) is 4.98 Å². The molecule has 2 rings (SSSR count). The van der Waals surface area contributed by atoms with E-state index >= 15 is 0 Å². The highest BCUT2D eigenvalue weighted by atomic mass is 16.1. The third-order valence-corrected chi connectivity index (χ3v) is 2.43. The van der Waals surface area contributed by atoms with Gasteiger partial charge in [0.1, 0.15) is 0 Å². The highest BCUT2D eigenvalue weighted by molar-refractivity contribution is 5.80. The lowest BCUT2D eigenvalue weighted by Crippen LogP contribution is -2.05. The summed E-state index contributed by atoms with van der Waals surface area (Å²) in [6.45, 7) is 0.433. The third-order valence-electron chi connectivity index (χ3n) is 2.43. The topological polar surface area (TPSA) is 94.5 Å². The maximum atomic E-state index is 11.6. The van der Waals surface area contributed by atoms with Gasteiger partial charge in [0.25, 0.3) is 5.56 Å². The number of hydrogen-bond acceptors (Lipinski definition) is 3. The molecule has 6 heteroatoms. The number of aromatic amines is 1. The largest absolute Gasteiger partial charge is 0.313 e. The molecule has 0 spiro atoms. The zero-order valence-electron chi connectivity index (χ0n) is 9.58. The van der Waals surface area contributed by atoms with Gasteiger partial charge >= 0.3 is 0 Å². The summed E-state index contributed by atoms with van der Waals surface area (Å²) in [6, 6.07) is 5.47. The summed E-state index contributed by atoms with van der Waals surface area (Å²) in [5.74, 6) is 0. The number of H-pyrrole nitrogens is 1. The molecular weight excluding hydrogens is 230 g/mol. The van der Waals surface area contributed by atoms with Crippen molar-refractivity contribution in [3.8, 4) is 0 Å². The fourth-order valence-electron chi connectivity index (χ4n) is 1.59. The van der Waals surface area contributed by atoms with E-state index in [0.29, 0.717) is 23.9 Å². The number of nitrogens with one attached hydrogen (secondary N) is 1. The van der Waals surface area contributed by atoms with E-state index in [2.05, 4.69) is 20.0 Å². The maximum Gasteiger partial charge on any atom is 0.258 e. The SMILES string of the molecule is [N-]=[N+]=NCCC=Cc1ccc2nc[nH]c(=O)c2c1. The minimum atomic E-state index is -0.149. The lowest BCUT2D eigenvalue weighted by Gasteiger charge is -1.97. The Morgan fingerprint density at radius 2 is 2.39 bits per heavy atom. The number of fused-ring (bicyclic) bond motifs is 1. The van der Waals surface area contributed by atoms with Crippen molar-refractivity contribution in [2.45, 2.75) is 6.42 Å². The second-order valence-corrected chi connectivity index (χ2v) is 3.65. The molecule has 6 nitrogen and oxygen atoms in total. The Bertz CT molecular complexity index is 682. The Balaban J connectivity index is 2.22. The van der Waals surface area contributed by atoms with E-state index in [-0.39, 0.29) is 5.56 Å². The van der Waals surface area contributed by atoms with E-state index in [4.69, 9.17) is 5.53 Å². The Hall–Kier alpha value is -2.59. The molecule has 1 N–H and O–H groups in total. The van der Waals surface area contributed by atoms with Gasteiger partial charge in [-0.3, -0.25) is 4.79 Å². The van der Waals surface area contributed by atoms with Crippen molar-refractivity contribution >= 4 is 17.0 Å². The molecule has 0 saturated heterocycles. The second kappa shape index (κ2) is 5.65. The van der Waals surface area contributed by atoms with Gasteiger partial charge in [-0.2, -0.15) is 0 Å². The molecule has 1 aromatic carbocycles. The van der Waals surface area contributed by atoms with E-state index in [1.165, 1.54) is 6.33 Å². The first-order chi connectivity index (χ1) is 8.81. The van der Waals surface area contributed by atoms with Gasteiger partial charge in [-0.05, 0) is 29.6 Å². The summed E-state index contributed by atoms with van der Waals surface area (Å²) in [7, 11) is 0. The fourth-order valence-corrected chi connectivity index (χ4v) is 1.59. The molecule has 0 fully saturated rings. The minimum Gasteiger partial charge on any atom is -0.313 e. The fraction of sp³-hybridized carbons (Fsp3) is 0.167. The summed E-state index contributed by atoms with van der Waals surface area (Å²) in [6.07, 6.45) is 5.85. The molecule has 0 amide bonds. The average molecular weight is 241 g/mol. The predicted molar refractivity (Wildman–Crippen MR) is 70.0 cm³/mol. The van der Waals surface area contributed by atoms with Crippen molar-refractivity contribution in [3.05, 3.63) is 57.0 Å². The van der Waals surface area contributed by atoms with E-state index in [1.807, 2.05) is 18.2 Å². The molecule has 0 saturated carbocycles. The summed E-state index contributed by atoms with van der Waals surface area (Å²) in [4.78, 5) is 20.9. The van der Waals surface area contributed by atoms with Crippen LogP contribution in [0.25, 0.3) is 27.4 Å². The van der Waals surface area contributed by atoms with Crippen LogP contribution in [0.4, 0.5) is 0 Å². The van der Waals surface area contributed by atoms with Gasteiger partial charge in [0.2, 0.25) is 0 Å². The number of azide groups is 1. The lowest BCUT2D eigenvalue weighted by atomic mass is 10.1. The van der Waals surface area contributed by atoms with Crippen LogP contribution >= 0.6 is 0 Å². The Labute approximate surface area is 103 Å². The van der Waals surface area contributed by atoms with E-state index in [1.54, 1.807) is 12.1 Å².